The molecule has 2 heterocycles. The molecule has 0 saturated heterocycles. The number of amides is 1. The second-order valence-electron chi connectivity index (χ2n) is 4.76. The van der Waals surface area contributed by atoms with Gasteiger partial charge in [-0.15, -0.1) is 11.8 Å². The van der Waals surface area contributed by atoms with Gasteiger partial charge in [0.15, 0.2) is 0 Å². The minimum Gasteiger partial charge on any atom is -0.422 e. The Balaban J connectivity index is 1.85. The number of benzene rings is 1. The molecule has 1 amide bonds. The number of thioether (sulfide) groups is 1. The molecule has 0 radical (unpaired) electrons. The Bertz CT molecular complexity index is 904. The number of aromatic nitrogens is 1. The van der Waals surface area contributed by atoms with E-state index in [9.17, 15) is 9.59 Å². The van der Waals surface area contributed by atoms with Crippen LogP contribution in [0.25, 0.3) is 11.0 Å². The van der Waals surface area contributed by atoms with Crippen molar-refractivity contribution in [3.63, 3.8) is 0 Å². The number of para-hydroxylation sites is 1. The van der Waals surface area contributed by atoms with Gasteiger partial charge < -0.3 is 9.73 Å². The Morgan fingerprint density at radius 3 is 2.83 bits per heavy atom. The number of fused-ring (bicyclic) bond motifs is 1. The molecular formula is C17H14N2O3S. The van der Waals surface area contributed by atoms with Crippen LogP contribution in [0.5, 0.6) is 0 Å². The van der Waals surface area contributed by atoms with Gasteiger partial charge in [0, 0.05) is 5.39 Å². The van der Waals surface area contributed by atoms with Crippen molar-refractivity contribution in [1.82, 2.24) is 4.98 Å². The molecule has 0 aliphatic carbocycles. The first-order chi connectivity index (χ1) is 11.2. The highest BCUT2D eigenvalue weighted by atomic mass is 32.2. The summed E-state index contributed by atoms with van der Waals surface area (Å²) in [6.45, 7) is 2.04. The molecule has 6 heteroatoms. The van der Waals surface area contributed by atoms with Gasteiger partial charge in [0.25, 0.3) is 5.91 Å². The first-order valence-corrected chi connectivity index (χ1v) is 8.09. The number of nitrogens with zero attached hydrogens (tertiary/aromatic N) is 1. The number of pyridine rings is 1. The third-order valence-electron chi connectivity index (χ3n) is 3.17. The van der Waals surface area contributed by atoms with Crippen molar-refractivity contribution in [2.45, 2.75) is 11.9 Å². The molecule has 1 N–H and O–H groups in total. The van der Waals surface area contributed by atoms with E-state index in [0.717, 1.165) is 10.8 Å². The summed E-state index contributed by atoms with van der Waals surface area (Å²) in [5.74, 6) is 0.416. The summed E-state index contributed by atoms with van der Waals surface area (Å²) in [5, 5.41) is 4.25. The van der Waals surface area contributed by atoms with Crippen LogP contribution in [0.1, 0.15) is 17.3 Å². The number of carbonyl (C=O) groups is 1. The lowest BCUT2D eigenvalue weighted by Crippen LogP contribution is -2.20. The average Bonchev–Trinajstić information content (AvgIpc) is 2.56. The fraction of sp³-hybridized carbons (Fsp3) is 0.118. The summed E-state index contributed by atoms with van der Waals surface area (Å²) in [5.41, 5.74) is 0.294. The largest absolute Gasteiger partial charge is 0.422 e. The monoisotopic (exact) mass is 326 g/mol. The minimum absolute atomic E-state index is 0.0318. The molecule has 0 saturated carbocycles. The molecule has 0 atom stereocenters. The highest BCUT2D eigenvalue weighted by Crippen LogP contribution is 2.17. The van der Waals surface area contributed by atoms with Crippen molar-refractivity contribution in [3.8, 4) is 0 Å². The molecule has 116 valence electrons. The van der Waals surface area contributed by atoms with Crippen molar-refractivity contribution >= 4 is 34.3 Å². The van der Waals surface area contributed by atoms with Gasteiger partial charge in [-0.2, -0.15) is 0 Å². The number of rotatable bonds is 4. The van der Waals surface area contributed by atoms with E-state index in [2.05, 4.69) is 10.3 Å². The molecule has 0 fully saturated rings. The fourth-order valence-corrected chi connectivity index (χ4v) is 2.69. The number of anilines is 1. The van der Waals surface area contributed by atoms with Crippen LogP contribution < -0.4 is 10.9 Å². The maximum atomic E-state index is 12.3. The van der Waals surface area contributed by atoms with E-state index in [4.69, 9.17) is 4.42 Å². The van der Waals surface area contributed by atoms with Crippen LogP contribution in [-0.2, 0) is 0 Å². The van der Waals surface area contributed by atoms with E-state index in [1.807, 2.05) is 19.1 Å². The highest BCUT2D eigenvalue weighted by Gasteiger charge is 2.14. The molecule has 5 nitrogen and oxygen atoms in total. The van der Waals surface area contributed by atoms with Crippen molar-refractivity contribution in [2.24, 2.45) is 0 Å². The van der Waals surface area contributed by atoms with Gasteiger partial charge in [0.2, 0.25) is 0 Å². The van der Waals surface area contributed by atoms with E-state index < -0.39 is 11.5 Å². The zero-order valence-electron chi connectivity index (χ0n) is 12.4. The molecule has 0 aliphatic rings. The van der Waals surface area contributed by atoms with Gasteiger partial charge in [-0.25, -0.2) is 9.78 Å². The predicted molar refractivity (Wildman–Crippen MR) is 91.1 cm³/mol. The predicted octanol–water partition coefficient (Wildman–Crippen LogP) is 3.55. The van der Waals surface area contributed by atoms with E-state index in [1.54, 1.807) is 42.2 Å². The summed E-state index contributed by atoms with van der Waals surface area (Å²) < 4.78 is 5.17. The van der Waals surface area contributed by atoms with Crippen LogP contribution in [0.15, 0.2) is 62.9 Å². The third-order valence-corrected chi connectivity index (χ3v) is 4.00. The van der Waals surface area contributed by atoms with Crippen LogP contribution in [0.4, 0.5) is 5.69 Å². The highest BCUT2D eigenvalue weighted by molar-refractivity contribution is 7.99. The smallest absolute Gasteiger partial charge is 0.349 e. The first kappa shape index (κ1) is 15.3. The number of carbonyl (C=O) groups excluding carboxylic acids is 1. The molecule has 0 aliphatic heterocycles. The zero-order valence-corrected chi connectivity index (χ0v) is 13.2. The number of hydrogen-bond donors (Lipinski definition) is 1. The van der Waals surface area contributed by atoms with Gasteiger partial charge in [-0.05, 0) is 30.0 Å². The summed E-state index contributed by atoms with van der Waals surface area (Å²) in [6, 6.07) is 12.2. The molecule has 3 rings (SSSR count). The van der Waals surface area contributed by atoms with Crippen LogP contribution in [0.2, 0.25) is 0 Å². The van der Waals surface area contributed by atoms with Crippen molar-refractivity contribution < 1.29 is 9.21 Å². The maximum absolute atomic E-state index is 12.3. The summed E-state index contributed by atoms with van der Waals surface area (Å²) >= 11 is 1.61. The van der Waals surface area contributed by atoms with Gasteiger partial charge in [0.05, 0.1) is 16.9 Å². The first-order valence-electron chi connectivity index (χ1n) is 7.10. The fourth-order valence-electron chi connectivity index (χ4n) is 2.11. The molecule has 23 heavy (non-hydrogen) atoms. The summed E-state index contributed by atoms with van der Waals surface area (Å²) in [6.07, 6.45) is 1.57. The maximum Gasteiger partial charge on any atom is 0.349 e. The van der Waals surface area contributed by atoms with Gasteiger partial charge in [-0.3, -0.25) is 4.79 Å². The second kappa shape index (κ2) is 6.66. The lowest BCUT2D eigenvalue weighted by atomic mass is 10.2. The third kappa shape index (κ3) is 3.43. The Kier molecular flexibility index (Phi) is 4.43. The van der Waals surface area contributed by atoms with E-state index in [1.165, 1.54) is 6.07 Å². The number of hydrogen-bond acceptors (Lipinski definition) is 5. The Morgan fingerprint density at radius 2 is 2.09 bits per heavy atom. The van der Waals surface area contributed by atoms with Crippen molar-refractivity contribution in [3.05, 3.63) is 64.6 Å². The van der Waals surface area contributed by atoms with Gasteiger partial charge in [-0.1, -0.05) is 25.1 Å². The Morgan fingerprint density at radius 1 is 1.26 bits per heavy atom. The molecule has 0 bridgehead atoms. The van der Waals surface area contributed by atoms with Crippen LogP contribution in [0.3, 0.4) is 0 Å². The van der Waals surface area contributed by atoms with E-state index in [-0.39, 0.29) is 5.56 Å². The molecule has 1 aromatic carbocycles. The molecular weight excluding hydrogens is 312 g/mol. The average molecular weight is 326 g/mol. The molecule has 0 spiro atoms. The summed E-state index contributed by atoms with van der Waals surface area (Å²) in [7, 11) is 0. The normalized spacial score (nSPS) is 10.7. The molecule has 2 aromatic heterocycles. The minimum atomic E-state index is -0.660. The van der Waals surface area contributed by atoms with Crippen LogP contribution >= 0.6 is 11.8 Å². The SMILES string of the molecule is CCSc1ccc(NC(=O)c2cc3ccccc3oc2=O)cn1. The molecule has 3 aromatic rings. The van der Waals surface area contributed by atoms with Crippen molar-refractivity contribution in [2.75, 3.05) is 11.1 Å². The topological polar surface area (TPSA) is 72.2 Å². The Labute approximate surface area is 136 Å². The second-order valence-corrected chi connectivity index (χ2v) is 6.04. The van der Waals surface area contributed by atoms with E-state index >= 15 is 0 Å². The summed E-state index contributed by atoms with van der Waals surface area (Å²) in [4.78, 5) is 28.5. The van der Waals surface area contributed by atoms with E-state index in [0.29, 0.717) is 16.7 Å². The quantitative estimate of drug-likeness (QED) is 0.586. The molecule has 0 unspecified atom stereocenters. The standard InChI is InChI=1S/C17H14N2O3S/c1-2-23-15-8-7-12(10-18-15)19-16(20)13-9-11-5-3-4-6-14(11)22-17(13)21/h3-10H,2H2,1H3,(H,19,20). The lowest BCUT2D eigenvalue weighted by Gasteiger charge is -2.05. The lowest BCUT2D eigenvalue weighted by molar-refractivity contribution is 0.102. The zero-order chi connectivity index (χ0) is 16.2. The number of nitrogens with one attached hydrogen (secondary N) is 1. The van der Waals surface area contributed by atoms with Gasteiger partial charge in [0.1, 0.15) is 11.1 Å². The Hall–Kier alpha value is -2.60. The van der Waals surface area contributed by atoms with Crippen molar-refractivity contribution in [1.29, 1.82) is 0 Å². The van der Waals surface area contributed by atoms with Gasteiger partial charge >= 0.3 is 5.63 Å². The van der Waals surface area contributed by atoms with Crippen LogP contribution in [0, 0.1) is 0 Å². The van der Waals surface area contributed by atoms with Crippen LogP contribution in [-0.4, -0.2) is 16.6 Å².